The third-order valence-corrected chi connectivity index (χ3v) is 7.18. The van der Waals surface area contributed by atoms with Crippen LogP contribution in [-0.4, -0.2) is 52.5 Å². The summed E-state index contributed by atoms with van der Waals surface area (Å²) in [5.74, 6) is -0.237. The number of carbonyl (C=O) groups is 1. The predicted molar refractivity (Wildman–Crippen MR) is 138 cm³/mol. The molecule has 0 bridgehead atoms. The molecule has 0 spiro atoms. The molecule has 2 heterocycles. The van der Waals surface area contributed by atoms with E-state index in [1.807, 2.05) is 18.7 Å². The van der Waals surface area contributed by atoms with Gasteiger partial charge in [-0.2, -0.15) is 5.26 Å². The Labute approximate surface area is 213 Å². The molecular weight excluding hydrogens is 478 g/mol. The van der Waals surface area contributed by atoms with Crippen LogP contribution in [0.5, 0.6) is 0 Å². The Bertz CT molecular complexity index is 899. The molecule has 188 valence electrons. The summed E-state index contributed by atoms with van der Waals surface area (Å²) in [7, 11) is 0. The number of nitrogens with zero attached hydrogens (tertiary/aromatic N) is 4. The van der Waals surface area contributed by atoms with Gasteiger partial charge in [-0.3, -0.25) is 9.69 Å². The third-order valence-electron chi connectivity index (χ3n) is 6.78. The summed E-state index contributed by atoms with van der Waals surface area (Å²) in [5.41, 5.74) is -1.03. The highest BCUT2D eigenvalue weighted by molar-refractivity contribution is 7.80. The van der Waals surface area contributed by atoms with E-state index in [-0.39, 0.29) is 35.1 Å². The van der Waals surface area contributed by atoms with Crippen molar-refractivity contribution in [2.45, 2.75) is 77.2 Å². The van der Waals surface area contributed by atoms with Crippen LogP contribution in [0.15, 0.2) is 18.2 Å². The molecule has 1 aromatic rings. The number of hydrogen-bond acceptors (Lipinski definition) is 4. The fourth-order valence-corrected chi connectivity index (χ4v) is 5.24. The Hall–Kier alpha value is -1.82. The van der Waals surface area contributed by atoms with Gasteiger partial charge in [0, 0.05) is 12.1 Å². The first-order valence-electron chi connectivity index (χ1n) is 12.0. The van der Waals surface area contributed by atoms with E-state index < -0.39 is 12.0 Å². The predicted octanol–water partition coefficient (Wildman–Crippen LogP) is 6.07. The van der Waals surface area contributed by atoms with Crippen LogP contribution in [0, 0.1) is 11.3 Å². The zero-order valence-electron chi connectivity index (χ0n) is 20.1. The van der Waals surface area contributed by atoms with Gasteiger partial charge in [0.2, 0.25) is 0 Å². The van der Waals surface area contributed by atoms with E-state index in [0.29, 0.717) is 11.7 Å². The molecule has 0 unspecified atom stereocenters. The fraction of sp³-hybridized carbons (Fsp3) is 0.640. The normalized spacial score (nSPS) is 18.0. The Kier molecular flexibility index (Phi) is 10.7. The van der Waals surface area contributed by atoms with E-state index in [2.05, 4.69) is 4.90 Å². The number of benzene rings is 1. The van der Waals surface area contributed by atoms with Gasteiger partial charge in [0.05, 0.1) is 17.3 Å². The maximum Gasteiger partial charge on any atom is 0.265 e. The van der Waals surface area contributed by atoms with Crippen LogP contribution in [0.25, 0.3) is 0 Å². The van der Waals surface area contributed by atoms with Crippen molar-refractivity contribution in [3.63, 3.8) is 0 Å². The number of amides is 1. The van der Waals surface area contributed by atoms with E-state index >= 15 is 0 Å². The van der Waals surface area contributed by atoms with E-state index in [0.717, 1.165) is 19.3 Å². The molecule has 2 saturated heterocycles. The topological polar surface area (TPSA) is 50.6 Å². The first-order chi connectivity index (χ1) is 15.8. The molecule has 0 N–H and O–H groups in total. The average Bonchev–Trinajstić information content (AvgIpc) is 3.36. The molecule has 2 fully saturated rings. The lowest BCUT2D eigenvalue weighted by atomic mass is 10.0. The van der Waals surface area contributed by atoms with E-state index in [9.17, 15) is 13.6 Å². The van der Waals surface area contributed by atoms with E-state index in [1.54, 1.807) is 6.07 Å². The van der Waals surface area contributed by atoms with Crippen molar-refractivity contribution < 1.29 is 13.6 Å². The summed E-state index contributed by atoms with van der Waals surface area (Å²) in [4.78, 5) is 18.9. The molecule has 34 heavy (non-hydrogen) atoms. The van der Waals surface area contributed by atoms with E-state index in [4.69, 9.17) is 17.5 Å². The highest BCUT2D eigenvalue weighted by atomic mass is 35.5. The summed E-state index contributed by atoms with van der Waals surface area (Å²) >= 11 is 5.60. The maximum atomic E-state index is 13.4. The Morgan fingerprint density at radius 1 is 1.06 bits per heavy atom. The SMILES string of the molecule is CC1(C)C(=O)N(c2ccc(C#N)c(C(F)F)c2)C(=S)N1CCCCCCCCN1CCCC1.Cl. The number of carbonyl (C=O) groups excluding carboxylic acids is 1. The van der Waals surface area contributed by atoms with Gasteiger partial charge in [-0.25, -0.2) is 8.78 Å². The molecule has 0 saturated carbocycles. The highest BCUT2D eigenvalue weighted by Crippen LogP contribution is 2.35. The summed E-state index contributed by atoms with van der Waals surface area (Å²) in [6.07, 6.45) is 6.76. The molecule has 9 heteroatoms. The molecule has 3 rings (SSSR count). The van der Waals surface area contributed by atoms with Crippen molar-refractivity contribution in [2.75, 3.05) is 31.1 Å². The lowest BCUT2D eigenvalue weighted by Crippen LogP contribution is -2.44. The van der Waals surface area contributed by atoms with Gasteiger partial charge in [0.15, 0.2) is 5.11 Å². The molecule has 1 amide bonds. The number of halogens is 3. The van der Waals surface area contributed by atoms with Crippen LogP contribution in [0.4, 0.5) is 14.5 Å². The number of alkyl halides is 2. The Balaban J connectivity index is 0.00000408. The largest absolute Gasteiger partial charge is 0.334 e. The third kappa shape index (κ3) is 6.44. The van der Waals surface area contributed by atoms with Crippen LogP contribution in [0.3, 0.4) is 0 Å². The Morgan fingerprint density at radius 3 is 2.24 bits per heavy atom. The monoisotopic (exact) mass is 512 g/mol. The average molecular weight is 513 g/mol. The quantitative estimate of drug-likeness (QED) is 0.266. The second-order valence-corrected chi connectivity index (χ2v) is 9.85. The maximum absolute atomic E-state index is 13.4. The lowest BCUT2D eigenvalue weighted by Gasteiger charge is -2.29. The number of rotatable bonds is 11. The van der Waals surface area contributed by atoms with Gasteiger partial charge in [-0.05, 0) is 89.6 Å². The smallest absolute Gasteiger partial charge is 0.265 e. The van der Waals surface area contributed by atoms with Gasteiger partial charge < -0.3 is 9.80 Å². The number of thiocarbonyl (C=S) groups is 1. The van der Waals surface area contributed by atoms with Gasteiger partial charge in [0.25, 0.3) is 12.3 Å². The van der Waals surface area contributed by atoms with Crippen molar-refractivity contribution in [3.05, 3.63) is 29.3 Å². The second-order valence-electron chi connectivity index (χ2n) is 9.49. The van der Waals surface area contributed by atoms with Crippen molar-refractivity contribution in [1.29, 1.82) is 5.26 Å². The van der Waals surface area contributed by atoms with E-state index in [1.165, 1.54) is 74.8 Å². The summed E-state index contributed by atoms with van der Waals surface area (Å²) in [6.45, 7) is 8.02. The van der Waals surface area contributed by atoms with Crippen molar-refractivity contribution in [3.8, 4) is 6.07 Å². The Morgan fingerprint density at radius 2 is 1.65 bits per heavy atom. The van der Waals surface area contributed by atoms with Crippen LogP contribution >= 0.6 is 24.6 Å². The zero-order chi connectivity index (χ0) is 24.0. The number of hydrogen-bond donors (Lipinski definition) is 0. The molecule has 1 aromatic carbocycles. The number of nitriles is 1. The van der Waals surface area contributed by atoms with Gasteiger partial charge >= 0.3 is 0 Å². The minimum absolute atomic E-state index is 0. The highest BCUT2D eigenvalue weighted by Gasteiger charge is 2.49. The first-order valence-corrected chi connectivity index (χ1v) is 12.4. The lowest BCUT2D eigenvalue weighted by molar-refractivity contribution is -0.123. The second kappa shape index (κ2) is 12.8. The van der Waals surface area contributed by atoms with Crippen molar-refractivity contribution in [1.82, 2.24) is 9.80 Å². The zero-order valence-corrected chi connectivity index (χ0v) is 21.7. The molecule has 2 aliphatic heterocycles. The number of anilines is 1. The van der Waals surface area contributed by atoms with Crippen LogP contribution in [0.2, 0.25) is 0 Å². The summed E-state index contributed by atoms with van der Waals surface area (Å²) in [5, 5.41) is 9.42. The molecule has 0 atom stereocenters. The molecular formula is C25H35ClF2N4OS. The molecule has 0 aromatic heterocycles. The number of unbranched alkanes of at least 4 members (excludes halogenated alkanes) is 5. The number of likely N-dealkylation sites (tertiary alicyclic amines) is 1. The summed E-state index contributed by atoms with van der Waals surface area (Å²) in [6, 6.07) is 5.82. The summed E-state index contributed by atoms with van der Waals surface area (Å²) < 4.78 is 26.8. The van der Waals surface area contributed by atoms with Gasteiger partial charge in [0.1, 0.15) is 5.54 Å². The van der Waals surface area contributed by atoms with Crippen molar-refractivity contribution in [2.24, 2.45) is 0 Å². The van der Waals surface area contributed by atoms with Gasteiger partial charge in [-0.15, -0.1) is 12.4 Å². The minimum Gasteiger partial charge on any atom is -0.334 e. The molecule has 2 aliphatic rings. The molecule has 5 nitrogen and oxygen atoms in total. The van der Waals surface area contributed by atoms with Crippen LogP contribution in [0.1, 0.15) is 82.8 Å². The standard InChI is InChI=1S/C25H34F2N4OS.ClH/c1-25(2)23(32)31(20-12-11-19(18-28)21(17-20)22(26)27)24(33)30(25)16-8-6-4-3-5-7-13-29-14-9-10-15-29;/h11-12,17,22H,3-10,13-16H2,1-2H3;1H. The van der Waals surface area contributed by atoms with Gasteiger partial charge in [-0.1, -0.05) is 25.7 Å². The fourth-order valence-electron chi connectivity index (χ4n) is 4.73. The minimum atomic E-state index is -2.80. The van der Waals surface area contributed by atoms with Crippen LogP contribution in [-0.2, 0) is 4.79 Å². The first kappa shape index (κ1) is 28.4. The van der Waals surface area contributed by atoms with Crippen molar-refractivity contribution >= 4 is 41.3 Å². The molecule has 0 aliphatic carbocycles. The molecule has 0 radical (unpaired) electrons. The van der Waals surface area contributed by atoms with Crippen LogP contribution < -0.4 is 4.90 Å².